The van der Waals surface area contributed by atoms with E-state index in [0.29, 0.717) is 31.3 Å². The molecule has 0 bridgehead atoms. The minimum atomic E-state index is -5.33. The van der Waals surface area contributed by atoms with Gasteiger partial charge in [0.2, 0.25) is 11.6 Å². The summed E-state index contributed by atoms with van der Waals surface area (Å²) in [5, 5.41) is 47.1. The van der Waals surface area contributed by atoms with Crippen molar-refractivity contribution in [2.75, 3.05) is 42.5 Å². The van der Waals surface area contributed by atoms with Crippen molar-refractivity contribution in [1.29, 1.82) is 0 Å². The maximum absolute atomic E-state index is 13.7. The van der Waals surface area contributed by atoms with E-state index in [0.717, 1.165) is 36.4 Å². The second-order valence-electron chi connectivity index (χ2n) is 14.7. The van der Waals surface area contributed by atoms with Crippen molar-refractivity contribution in [3.8, 4) is 22.6 Å². The molecular weight excluding hydrogens is 1270 g/mol. The van der Waals surface area contributed by atoms with E-state index in [9.17, 15) is 76.5 Å². The number of nitrogens with zero attached hydrogens (tertiary/aromatic N) is 2. The number of anilines is 3. The number of phenols is 2. The van der Waals surface area contributed by atoms with Crippen LogP contribution in [0.1, 0.15) is 42.2 Å². The molecule has 0 aliphatic heterocycles. The van der Waals surface area contributed by atoms with Gasteiger partial charge in [-0.3, -0.25) is 43.4 Å². The first-order valence-electron chi connectivity index (χ1n) is 20.2. The van der Waals surface area contributed by atoms with Crippen LogP contribution in [-0.4, -0.2) is 128 Å². The fourth-order valence-corrected chi connectivity index (χ4v) is 9.39. The Morgan fingerprint density at radius 2 is 0.924 bits per heavy atom. The van der Waals surface area contributed by atoms with Crippen LogP contribution in [0.2, 0.25) is 0 Å². The number of hydrazone groups is 2. The number of nitrogens with two attached hydrogens (primary N) is 2. The molecule has 0 unspecified atom stereocenters. The Hall–Kier alpha value is -2.55. The number of fused-ring (bicyclic) bond motifs is 2. The Balaban J connectivity index is 0. The molecule has 0 saturated heterocycles. The number of aromatic hydroxyl groups is 2. The van der Waals surface area contributed by atoms with Gasteiger partial charge in [0.25, 0.3) is 46.4 Å². The van der Waals surface area contributed by atoms with Gasteiger partial charge in [-0.15, -0.1) is 0 Å². The molecule has 2 aliphatic rings. The van der Waals surface area contributed by atoms with Crippen molar-refractivity contribution in [1.82, 2.24) is 0 Å². The minimum Gasteiger partial charge on any atom is -0.506 e. The molecule has 7 rings (SSSR count). The molecule has 0 heterocycles. The monoisotopic (exact) mass is 1300 g/mol. The summed E-state index contributed by atoms with van der Waals surface area (Å²) in [6.45, 7) is 0.944. The van der Waals surface area contributed by atoms with Gasteiger partial charge in [0.05, 0.1) is 35.7 Å². The topological polar surface area (TPSA) is 462 Å². The number of allylic oxidation sites excluding steroid dienone is 2. The van der Waals surface area contributed by atoms with Crippen LogP contribution < -0.4 is 146 Å². The summed E-state index contributed by atoms with van der Waals surface area (Å²) < 4.78 is 138. The van der Waals surface area contributed by atoms with Crippen LogP contribution in [0, 0.1) is 0 Å². The van der Waals surface area contributed by atoms with Gasteiger partial charge in [-0.1, -0.05) is 42.5 Å². The van der Waals surface area contributed by atoms with Gasteiger partial charge in [-0.05, 0) is 77.9 Å². The quantitative estimate of drug-likeness (QED) is 0.0225. The van der Waals surface area contributed by atoms with Crippen molar-refractivity contribution in [3.63, 3.8) is 0 Å². The molecular formula is C43H41Cu2N7Na4O19S4+4. The second-order valence-corrected chi connectivity index (χ2v) is 20.2. The summed E-state index contributed by atoms with van der Waals surface area (Å²) in [5.74, 6) is -4.30. The number of ketones is 2. The van der Waals surface area contributed by atoms with Crippen LogP contribution in [-0.2, 0) is 74.6 Å². The van der Waals surface area contributed by atoms with Crippen LogP contribution in [0.25, 0.3) is 20.9 Å². The molecule has 15 N–H and O–H groups in total. The average Bonchev–Trinajstić information content (AvgIpc) is 3.32. The van der Waals surface area contributed by atoms with E-state index in [1.807, 2.05) is 0 Å². The molecule has 5 aromatic carbocycles. The number of Topliss-reactive ketones (excluding diaryl/α,β-unsaturated/α-hetero) is 2. The number of aliphatic hydroxyl groups is 2. The van der Waals surface area contributed by atoms with E-state index in [1.54, 1.807) is 6.07 Å². The number of hydrogen-bond acceptors (Lipinski definition) is 21. The fraction of sp³-hybridized carbons (Fsp3) is 0.0930. The van der Waals surface area contributed by atoms with E-state index in [-0.39, 0.29) is 199 Å². The Morgan fingerprint density at radius 3 is 1.30 bits per heavy atom. The fourth-order valence-electron chi connectivity index (χ4n) is 6.53. The average molecular weight is 1310 g/mol. The zero-order valence-electron chi connectivity index (χ0n) is 41.6. The first kappa shape index (κ1) is 78.5. The van der Waals surface area contributed by atoms with Crippen molar-refractivity contribution < 1.29 is 239 Å². The Kier molecular flexibility index (Phi) is 33.5. The van der Waals surface area contributed by atoms with E-state index < -0.39 is 123 Å². The number of benzene rings is 5. The normalized spacial score (nSPS) is 13.5. The molecule has 5 aromatic rings. The zero-order valence-corrected chi connectivity index (χ0v) is 54.7. The molecule has 0 aromatic heterocycles. The molecule has 0 spiro atoms. The summed E-state index contributed by atoms with van der Waals surface area (Å²) in [6, 6.07) is 19.5. The first-order chi connectivity index (χ1) is 34.2. The van der Waals surface area contributed by atoms with Crippen LogP contribution in [0.5, 0.6) is 11.5 Å². The Morgan fingerprint density at radius 1 is 0.519 bits per heavy atom. The van der Waals surface area contributed by atoms with E-state index in [4.69, 9.17) is 21.7 Å². The SMILES string of the molecule is NCCO.NCCO.O=C(Nc1cc2c(c(S(=O)(=O)O)c1)C(=O)/C(=N/Nc1ccc(-c3ccc(N/N=C4\C=C(S(=O)(=O)O)c5cccc(S(=O)(=O)O)c5C4=O)c(O)c3)cc1O)C=C2S(=O)(=O)O)c1ccccc1.[Cu].[Cu].[Na+].[Na+].[Na+].[Na+]. The molecule has 2 aliphatic carbocycles. The van der Waals surface area contributed by atoms with Crippen molar-refractivity contribution in [2.45, 2.75) is 9.79 Å². The van der Waals surface area contributed by atoms with Gasteiger partial charge in [0.15, 0.2) is 0 Å². The number of aliphatic hydroxyl groups excluding tert-OH is 2. The van der Waals surface area contributed by atoms with Gasteiger partial charge in [0.1, 0.15) is 42.5 Å². The molecule has 1 amide bonds. The number of hydrogen-bond donors (Lipinski definition) is 13. The molecule has 0 atom stereocenters. The predicted octanol–water partition coefficient (Wildman–Crippen LogP) is -9.82. The number of amides is 1. The smallest absolute Gasteiger partial charge is 0.506 e. The van der Waals surface area contributed by atoms with E-state index >= 15 is 0 Å². The third-order valence-electron chi connectivity index (χ3n) is 9.70. The predicted molar refractivity (Wildman–Crippen MR) is 264 cm³/mol. The molecule has 36 heteroatoms. The summed E-state index contributed by atoms with van der Waals surface area (Å²) >= 11 is 0. The molecule has 26 nitrogen and oxygen atoms in total. The van der Waals surface area contributed by atoms with Crippen LogP contribution in [0.4, 0.5) is 17.1 Å². The first-order valence-corrected chi connectivity index (χ1v) is 26.0. The second kappa shape index (κ2) is 33.7. The van der Waals surface area contributed by atoms with E-state index in [1.165, 1.54) is 48.5 Å². The van der Waals surface area contributed by atoms with Crippen LogP contribution in [0.3, 0.4) is 0 Å². The third-order valence-corrected chi connectivity index (χ3v) is 13.3. The van der Waals surface area contributed by atoms with Crippen LogP contribution >= 0.6 is 0 Å². The van der Waals surface area contributed by atoms with Crippen molar-refractivity contribution >= 4 is 96.2 Å². The number of phenolic OH excluding ortho intramolecular Hbond substituents is 2. The molecule has 0 fully saturated rings. The number of carbonyl (C=O) groups is 3. The van der Waals surface area contributed by atoms with Crippen LogP contribution in [0.15, 0.2) is 129 Å². The van der Waals surface area contributed by atoms with Gasteiger partial charge >= 0.3 is 118 Å². The maximum Gasteiger partial charge on any atom is 1.00 e. The molecule has 2 radical (unpaired) electrons. The van der Waals surface area contributed by atoms with Gasteiger partial charge in [0, 0.05) is 69.6 Å². The minimum absolute atomic E-state index is 0. The largest absolute Gasteiger partial charge is 1.00 e. The number of rotatable bonds is 13. The standard InChI is InChI=1S/C39H27N5O17S4.2C2H7NO.2Cu.4Na/c45-29-13-20(9-11-25(29)41-43-27-17-32(63(53,54)55)23-7-4-8-31(62(50,51)52)35(23)37(27)47)21-10-12-26(30(46)14-21)42-44-28-18-33(64(56,57)58)24-15-22(40-39(49)19-5-2-1-3-6-19)16-34(65(59,60)61)36(24)38(28)48;2*3-1-2-4;;;;;;/h1-18,41-42,45-46H,(H,40,49)(H,50,51,52)(H,53,54,55)(H,56,57,58)(H,59,60,61);2*4H,1-3H2;;;;;;/q;;;;;4*+1/b43-27+,44-28+;;;;;;;;. The summed E-state index contributed by atoms with van der Waals surface area (Å²) in [6.07, 6.45) is 1.23. The van der Waals surface area contributed by atoms with Gasteiger partial charge < -0.3 is 37.2 Å². The zero-order chi connectivity index (χ0) is 54.2. The summed E-state index contributed by atoms with van der Waals surface area (Å²) in [4.78, 5) is 35.7. The van der Waals surface area contributed by atoms with Gasteiger partial charge in [-0.2, -0.15) is 43.9 Å². The maximum atomic E-state index is 13.7. The van der Waals surface area contributed by atoms with Crippen molar-refractivity contribution in [3.05, 3.63) is 137 Å². The van der Waals surface area contributed by atoms with E-state index in [2.05, 4.69) is 26.4 Å². The van der Waals surface area contributed by atoms with Gasteiger partial charge in [-0.25, -0.2) is 0 Å². The van der Waals surface area contributed by atoms with Crippen molar-refractivity contribution in [2.24, 2.45) is 21.7 Å². The number of carbonyl (C=O) groups excluding carboxylic acids is 3. The summed E-state index contributed by atoms with van der Waals surface area (Å²) in [7, 11) is -20.8. The number of nitrogens with one attached hydrogen (secondary N) is 3. The molecule has 79 heavy (non-hydrogen) atoms. The Labute approximate surface area is 561 Å². The molecule has 0 saturated carbocycles. The Bertz CT molecular complexity index is 3650. The third kappa shape index (κ3) is 20.3. The molecule has 408 valence electrons. The summed E-state index contributed by atoms with van der Waals surface area (Å²) in [5.41, 5.74) is 9.49.